The summed E-state index contributed by atoms with van der Waals surface area (Å²) in [5.41, 5.74) is 5.10. The summed E-state index contributed by atoms with van der Waals surface area (Å²) in [6.07, 6.45) is 32.0. The van der Waals surface area contributed by atoms with Crippen LogP contribution in [0.4, 0.5) is 0 Å². The molecule has 0 rings (SSSR count). The van der Waals surface area contributed by atoms with Gasteiger partial charge in [-0.1, -0.05) is 74.1 Å². The average molecular weight is 330 g/mol. The minimum Gasteiger partial charge on any atom is -0.370 e. The molecule has 0 aliphatic carbocycles. The van der Waals surface area contributed by atoms with E-state index in [2.05, 4.69) is 67.7 Å². The van der Waals surface area contributed by atoms with E-state index in [1.54, 1.807) is 0 Å². The molecule has 0 aromatic carbocycles. The summed E-state index contributed by atoms with van der Waals surface area (Å²) in [6.45, 7) is 2.15. The third kappa shape index (κ3) is 20.2. The highest BCUT2D eigenvalue weighted by atomic mass is 16.1. The third-order valence-corrected chi connectivity index (χ3v) is 3.45. The Kier molecular flexibility index (Phi) is 17.8. The average Bonchev–Trinajstić information content (AvgIpc) is 2.56. The van der Waals surface area contributed by atoms with Crippen molar-refractivity contribution in [1.29, 1.82) is 0 Å². The van der Waals surface area contributed by atoms with Crippen molar-refractivity contribution in [2.45, 2.75) is 71.1 Å². The topological polar surface area (TPSA) is 43.1 Å². The number of amides is 1. The van der Waals surface area contributed by atoms with Crippen molar-refractivity contribution in [1.82, 2.24) is 0 Å². The fourth-order valence-electron chi connectivity index (χ4n) is 2.11. The summed E-state index contributed by atoms with van der Waals surface area (Å²) in [5, 5.41) is 0. The second-order valence-corrected chi connectivity index (χ2v) is 5.77. The van der Waals surface area contributed by atoms with Crippen molar-refractivity contribution in [3.8, 4) is 0 Å². The van der Waals surface area contributed by atoms with E-state index in [1.807, 2.05) is 0 Å². The van der Waals surface area contributed by atoms with Crippen molar-refractivity contribution >= 4 is 5.91 Å². The Balaban J connectivity index is 3.42. The molecule has 0 heterocycles. The molecule has 0 radical (unpaired) electrons. The maximum absolute atomic E-state index is 10.6. The molecule has 0 aromatic heterocycles. The quantitative estimate of drug-likeness (QED) is 0.283. The van der Waals surface area contributed by atoms with E-state index < -0.39 is 0 Å². The van der Waals surface area contributed by atoms with E-state index in [9.17, 15) is 4.79 Å². The van der Waals surface area contributed by atoms with E-state index in [-0.39, 0.29) is 5.91 Å². The molecule has 0 fully saturated rings. The van der Waals surface area contributed by atoms with Crippen LogP contribution in [0.3, 0.4) is 0 Å². The number of carbonyl (C=O) groups excluding carboxylic acids is 1. The first-order valence-electron chi connectivity index (χ1n) is 9.30. The van der Waals surface area contributed by atoms with Gasteiger partial charge in [-0.2, -0.15) is 0 Å². The van der Waals surface area contributed by atoms with E-state index >= 15 is 0 Å². The van der Waals surface area contributed by atoms with Crippen LogP contribution in [0.25, 0.3) is 0 Å². The summed E-state index contributed by atoms with van der Waals surface area (Å²) < 4.78 is 0. The SMILES string of the molecule is CC/C=C\C/C=C\C/C=C\C/C=C\C/C=C\CCCCCC(N)=O. The Hall–Kier alpha value is -1.83. The van der Waals surface area contributed by atoms with Crippen LogP contribution in [0.1, 0.15) is 71.1 Å². The van der Waals surface area contributed by atoms with Crippen molar-refractivity contribution in [2.24, 2.45) is 5.73 Å². The van der Waals surface area contributed by atoms with Crippen LogP contribution in [0, 0.1) is 0 Å². The lowest BCUT2D eigenvalue weighted by molar-refractivity contribution is -0.118. The lowest BCUT2D eigenvalue weighted by atomic mass is 10.1. The standard InChI is InChI=1S/C22H35NO/c1-2-3-4-5-6-7-8-9-10-11-12-13-14-15-16-17-18-19-20-21-22(23)24/h3-4,6-7,9-10,12-13,15-16H,2,5,8,11,14,17-21H2,1H3,(H2,23,24)/b4-3-,7-6-,10-9-,13-12-,16-15-. The van der Waals surface area contributed by atoms with Crippen LogP contribution in [-0.2, 0) is 4.79 Å². The molecule has 2 nitrogen and oxygen atoms in total. The molecule has 0 bridgehead atoms. The molecule has 1 amide bonds. The summed E-state index contributed by atoms with van der Waals surface area (Å²) >= 11 is 0. The van der Waals surface area contributed by atoms with Gasteiger partial charge in [0, 0.05) is 6.42 Å². The van der Waals surface area contributed by atoms with Crippen LogP contribution in [0.15, 0.2) is 60.8 Å². The van der Waals surface area contributed by atoms with E-state index in [4.69, 9.17) is 5.73 Å². The molecule has 24 heavy (non-hydrogen) atoms. The first kappa shape index (κ1) is 22.2. The number of unbranched alkanes of at least 4 members (excludes halogenated alkanes) is 3. The molecular weight excluding hydrogens is 294 g/mol. The van der Waals surface area contributed by atoms with Gasteiger partial charge in [0.25, 0.3) is 0 Å². The lowest BCUT2D eigenvalue weighted by Gasteiger charge is -1.95. The molecule has 0 saturated heterocycles. The molecule has 0 saturated carbocycles. The second-order valence-electron chi connectivity index (χ2n) is 5.77. The molecule has 2 N–H and O–H groups in total. The van der Waals surface area contributed by atoms with Gasteiger partial charge in [-0.3, -0.25) is 4.79 Å². The molecule has 134 valence electrons. The normalized spacial score (nSPS) is 12.7. The first-order chi connectivity index (χ1) is 11.8. The van der Waals surface area contributed by atoms with Crippen LogP contribution in [0.2, 0.25) is 0 Å². The number of nitrogens with two attached hydrogens (primary N) is 1. The summed E-state index contributed by atoms with van der Waals surface area (Å²) in [5.74, 6) is -0.190. The van der Waals surface area contributed by atoms with Crippen molar-refractivity contribution in [2.75, 3.05) is 0 Å². The monoisotopic (exact) mass is 329 g/mol. The second kappa shape index (κ2) is 19.2. The van der Waals surface area contributed by atoms with Gasteiger partial charge < -0.3 is 5.73 Å². The molecule has 0 unspecified atom stereocenters. The largest absolute Gasteiger partial charge is 0.370 e. The fraction of sp³-hybridized carbons (Fsp3) is 0.500. The van der Waals surface area contributed by atoms with Crippen molar-refractivity contribution in [3.63, 3.8) is 0 Å². The van der Waals surface area contributed by atoms with Gasteiger partial charge >= 0.3 is 0 Å². The van der Waals surface area contributed by atoms with Crippen molar-refractivity contribution in [3.05, 3.63) is 60.8 Å². The predicted molar refractivity (Wildman–Crippen MR) is 107 cm³/mol. The zero-order valence-corrected chi connectivity index (χ0v) is 15.3. The number of allylic oxidation sites excluding steroid dienone is 10. The lowest BCUT2D eigenvalue weighted by Crippen LogP contribution is -2.09. The Morgan fingerprint density at radius 3 is 1.58 bits per heavy atom. The highest BCUT2D eigenvalue weighted by molar-refractivity contribution is 5.73. The molecule has 0 spiro atoms. The Morgan fingerprint density at radius 2 is 1.12 bits per heavy atom. The van der Waals surface area contributed by atoms with E-state index in [0.717, 1.165) is 57.8 Å². The van der Waals surface area contributed by atoms with E-state index in [1.165, 1.54) is 0 Å². The van der Waals surface area contributed by atoms with Gasteiger partial charge in [0.05, 0.1) is 0 Å². The number of carbonyl (C=O) groups is 1. The first-order valence-corrected chi connectivity index (χ1v) is 9.30. The van der Waals surface area contributed by atoms with Crippen LogP contribution in [-0.4, -0.2) is 5.91 Å². The van der Waals surface area contributed by atoms with E-state index in [0.29, 0.717) is 6.42 Å². The Morgan fingerprint density at radius 1 is 0.667 bits per heavy atom. The minimum absolute atomic E-state index is 0.190. The zero-order valence-electron chi connectivity index (χ0n) is 15.3. The molecular formula is C22H35NO. The number of hydrogen-bond acceptors (Lipinski definition) is 1. The predicted octanol–water partition coefficient (Wildman–Crippen LogP) is 6.17. The molecule has 0 aliphatic heterocycles. The Labute approximate surface area is 148 Å². The smallest absolute Gasteiger partial charge is 0.217 e. The summed E-state index contributed by atoms with van der Waals surface area (Å²) in [7, 11) is 0. The van der Waals surface area contributed by atoms with Crippen LogP contribution < -0.4 is 5.73 Å². The van der Waals surface area contributed by atoms with Crippen LogP contribution in [0.5, 0.6) is 0 Å². The number of hydrogen-bond donors (Lipinski definition) is 1. The highest BCUT2D eigenvalue weighted by Gasteiger charge is 1.92. The Bertz CT molecular complexity index is 427. The minimum atomic E-state index is -0.190. The van der Waals surface area contributed by atoms with Gasteiger partial charge in [-0.25, -0.2) is 0 Å². The summed E-state index contributed by atoms with van der Waals surface area (Å²) in [4.78, 5) is 10.6. The van der Waals surface area contributed by atoms with Gasteiger partial charge in [0.2, 0.25) is 5.91 Å². The van der Waals surface area contributed by atoms with Gasteiger partial charge in [0.1, 0.15) is 0 Å². The van der Waals surface area contributed by atoms with Crippen molar-refractivity contribution < 1.29 is 4.79 Å². The molecule has 0 aliphatic rings. The number of rotatable bonds is 15. The van der Waals surface area contributed by atoms with Gasteiger partial charge in [-0.05, 0) is 51.4 Å². The fourth-order valence-corrected chi connectivity index (χ4v) is 2.11. The summed E-state index contributed by atoms with van der Waals surface area (Å²) in [6, 6.07) is 0. The highest BCUT2D eigenvalue weighted by Crippen LogP contribution is 2.04. The van der Waals surface area contributed by atoms with Gasteiger partial charge in [-0.15, -0.1) is 0 Å². The van der Waals surface area contributed by atoms with Crippen LogP contribution >= 0.6 is 0 Å². The third-order valence-electron chi connectivity index (χ3n) is 3.45. The van der Waals surface area contributed by atoms with Gasteiger partial charge in [0.15, 0.2) is 0 Å². The maximum atomic E-state index is 10.6. The molecule has 0 aromatic rings. The zero-order chi connectivity index (χ0) is 17.7. The number of primary amides is 1. The molecule has 0 atom stereocenters. The molecule has 2 heteroatoms. The maximum Gasteiger partial charge on any atom is 0.217 e.